The Balaban J connectivity index is 1.57. The highest BCUT2D eigenvalue weighted by Gasteiger charge is 2.24. The molecule has 1 aliphatic heterocycles. The smallest absolute Gasteiger partial charge is 0.219 e. The Bertz CT molecular complexity index is 517. The van der Waals surface area contributed by atoms with Crippen molar-refractivity contribution in [2.45, 2.75) is 44.6 Å². The lowest BCUT2D eigenvalue weighted by Gasteiger charge is -2.33. The summed E-state index contributed by atoms with van der Waals surface area (Å²) in [6, 6.07) is 2.66. The molecule has 6 heteroatoms. The average Bonchev–Trinajstić information content (AvgIpc) is 3.37. The van der Waals surface area contributed by atoms with Crippen LogP contribution < -0.4 is 15.5 Å². The van der Waals surface area contributed by atoms with Gasteiger partial charge in [0.1, 0.15) is 18.0 Å². The minimum absolute atomic E-state index is 0.134. The summed E-state index contributed by atoms with van der Waals surface area (Å²) >= 11 is 0. The summed E-state index contributed by atoms with van der Waals surface area (Å²) < 4.78 is 0. The second-order valence-corrected chi connectivity index (χ2v) is 6.35. The van der Waals surface area contributed by atoms with Gasteiger partial charge in [-0.2, -0.15) is 0 Å². The molecule has 1 saturated carbocycles. The highest BCUT2D eigenvalue weighted by molar-refractivity contribution is 5.75. The van der Waals surface area contributed by atoms with Gasteiger partial charge in [0, 0.05) is 38.7 Å². The predicted molar refractivity (Wildman–Crippen MR) is 86.9 cm³/mol. The molecule has 2 heterocycles. The fraction of sp³-hybridized carbons (Fsp3) is 0.688. The maximum Gasteiger partial charge on any atom is 0.219 e. The third-order valence-electron chi connectivity index (χ3n) is 4.48. The fourth-order valence-electron chi connectivity index (χ4n) is 3.00. The molecule has 0 aromatic carbocycles. The number of hydrogen-bond acceptors (Lipinski definition) is 5. The molecule has 2 fully saturated rings. The molecule has 3 rings (SSSR count). The van der Waals surface area contributed by atoms with Crippen LogP contribution in [0.1, 0.15) is 38.5 Å². The number of nitrogens with one attached hydrogen (secondary N) is 2. The minimum atomic E-state index is 0.134. The fourth-order valence-corrected chi connectivity index (χ4v) is 3.00. The summed E-state index contributed by atoms with van der Waals surface area (Å²) in [7, 11) is 1.70. The van der Waals surface area contributed by atoms with Crippen LogP contribution in [0, 0.1) is 5.92 Å². The Morgan fingerprint density at radius 1 is 1.36 bits per heavy atom. The lowest BCUT2D eigenvalue weighted by molar-refractivity contribution is -0.120. The van der Waals surface area contributed by atoms with E-state index in [2.05, 4.69) is 31.6 Å². The van der Waals surface area contributed by atoms with E-state index in [0.29, 0.717) is 18.4 Å². The van der Waals surface area contributed by atoms with Crippen LogP contribution >= 0.6 is 0 Å². The molecule has 1 atom stereocenters. The average molecular weight is 303 g/mol. The number of hydrogen-bond donors (Lipinski definition) is 2. The standard InChI is InChI=1S/C16H25N5O/c1-17-16(22)7-4-12-3-2-8-21(10-12)15-9-14(18-11-19-15)20-13-5-6-13/h9,11-13H,2-8,10H2,1H3,(H,17,22)(H,18,19,20). The quantitative estimate of drug-likeness (QED) is 0.838. The van der Waals surface area contributed by atoms with Crippen LogP contribution in [0.5, 0.6) is 0 Å². The number of nitrogens with zero attached hydrogens (tertiary/aromatic N) is 3. The van der Waals surface area contributed by atoms with Crippen LogP contribution in [-0.4, -0.2) is 42.1 Å². The summed E-state index contributed by atoms with van der Waals surface area (Å²) in [6.45, 7) is 2.02. The van der Waals surface area contributed by atoms with Crippen LogP contribution in [0.25, 0.3) is 0 Å². The molecule has 2 aliphatic rings. The Morgan fingerprint density at radius 2 is 2.23 bits per heavy atom. The second-order valence-electron chi connectivity index (χ2n) is 6.35. The first-order valence-electron chi connectivity index (χ1n) is 8.28. The van der Waals surface area contributed by atoms with Crippen molar-refractivity contribution in [2.75, 3.05) is 30.4 Å². The summed E-state index contributed by atoms with van der Waals surface area (Å²) in [5, 5.41) is 6.12. The topological polar surface area (TPSA) is 70.2 Å². The van der Waals surface area contributed by atoms with Crippen molar-refractivity contribution < 1.29 is 4.79 Å². The number of carbonyl (C=O) groups excluding carboxylic acids is 1. The molecular weight excluding hydrogens is 278 g/mol. The molecular formula is C16H25N5O. The van der Waals surface area contributed by atoms with E-state index >= 15 is 0 Å². The van der Waals surface area contributed by atoms with Crippen LogP contribution in [0.15, 0.2) is 12.4 Å². The molecule has 22 heavy (non-hydrogen) atoms. The van der Waals surface area contributed by atoms with E-state index in [4.69, 9.17) is 0 Å². The molecule has 120 valence electrons. The van der Waals surface area contributed by atoms with Gasteiger partial charge in [-0.15, -0.1) is 0 Å². The summed E-state index contributed by atoms with van der Waals surface area (Å²) in [6.07, 6.45) is 8.06. The number of amides is 1. The van der Waals surface area contributed by atoms with E-state index in [9.17, 15) is 4.79 Å². The zero-order valence-corrected chi connectivity index (χ0v) is 13.2. The molecule has 1 unspecified atom stereocenters. The van der Waals surface area contributed by atoms with Crippen molar-refractivity contribution in [3.8, 4) is 0 Å². The molecule has 0 spiro atoms. The SMILES string of the molecule is CNC(=O)CCC1CCCN(c2cc(NC3CC3)ncn2)C1. The third-order valence-corrected chi connectivity index (χ3v) is 4.48. The van der Waals surface area contributed by atoms with Gasteiger partial charge < -0.3 is 15.5 Å². The normalized spacial score (nSPS) is 21.5. The summed E-state index contributed by atoms with van der Waals surface area (Å²) in [5.41, 5.74) is 0. The first kappa shape index (κ1) is 15.1. The van der Waals surface area contributed by atoms with Crippen molar-refractivity contribution in [1.29, 1.82) is 0 Å². The number of anilines is 2. The zero-order chi connectivity index (χ0) is 15.4. The van der Waals surface area contributed by atoms with E-state index in [0.717, 1.165) is 37.6 Å². The number of rotatable bonds is 6. The van der Waals surface area contributed by atoms with Crippen molar-refractivity contribution in [3.63, 3.8) is 0 Å². The molecule has 1 aromatic rings. The first-order chi connectivity index (χ1) is 10.7. The molecule has 1 aliphatic carbocycles. The second kappa shape index (κ2) is 6.94. The Labute approximate surface area is 131 Å². The zero-order valence-electron chi connectivity index (χ0n) is 13.2. The van der Waals surface area contributed by atoms with Gasteiger partial charge >= 0.3 is 0 Å². The van der Waals surface area contributed by atoms with Crippen molar-refractivity contribution in [2.24, 2.45) is 5.92 Å². The maximum absolute atomic E-state index is 11.4. The largest absolute Gasteiger partial charge is 0.367 e. The monoisotopic (exact) mass is 303 g/mol. The van der Waals surface area contributed by atoms with Gasteiger partial charge in [-0.05, 0) is 38.0 Å². The van der Waals surface area contributed by atoms with Crippen LogP contribution in [0.2, 0.25) is 0 Å². The molecule has 0 radical (unpaired) electrons. The van der Waals surface area contributed by atoms with Crippen LogP contribution in [0.3, 0.4) is 0 Å². The first-order valence-corrected chi connectivity index (χ1v) is 8.28. The Hall–Kier alpha value is -1.85. The number of carbonyl (C=O) groups is 1. The highest BCUT2D eigenvalue weighted by Crippen LogP contribution is 2.27. The van der Waals surface area contributed by atoms with E-state index in [1.165, 1.54) is 19.3 Å². The van der Waals surface area contributed by atoms with Gasteiger partial charge in [0.05, 0.1) is 0 Å². The van der Waals surface area contributed by atoms with Gasteiger partial charge in [-0.1, -0.05) is 0 Å². The molecule has 0 bridgehead atoms. The molecule has 2 N–H and O–H groups in total. The van der Waals surface area contributed by atoms with Crippen LogP contribution in [0.4, 0.5) is 11.6 Å². The van der Waals surface area contributed by atoms with Gasteiger partial charge in [-0.3, -0.25) is 4.79 Å². The van der Waals surface area contributed by atoms with Gasteiger partial charge in [-0.25, -0.2) is 9.97 Å². The van der Waals surface area contributed by atoms with Crippen LogP contribution in [-0.2, 0) is 4.79 Å². The summed E-state index contributed by atoms with van der Waals surface area (Å²) in [5.74, 6) is 2.64. The number of aromatic nitrogens is 2. The lowest BCUT2D eigenvalue weighted by Crippen LogP contribution is -2.36. The Morgan fingerprint density at radius 3 is 3.00 bits per heavy atom. The molecule has 1 saturated heterocycles. The van der Waals surface area contributed by atoms with E-state index in [1.807, 2.05) is 0 Å². The van der Waals surface area contributed by atoms with E-state index < -0.39 is 0 Å². The minimum Gasteiger partial charge on any atom is -0.367 e. The van der Waals surface area contributed by atoms with Crippen molar-refractivity contribution in [1.82, 2.24) is 15.3 Å². The third kappa shape index (κ3) is 4.08. The molecule has 6 nitrogen and oxygen atoms in total. The number of piperidine rings is 1. The van der Waals surface area contributed by atoms with Crippen molar-refractivity contribution >= 4 is 17.5 Å². The van der Waals surface area contributed by atoms with E-state index in [1.54, 1.807) is 13.4 Å². The predicted octanol–water partition coefficient (Wildman–Crippen LogP) is 1.79. The summed E-state index contributed by atoms with van der Waals surface area (Å²) in [4.78, 5) is 22.5. The van der Waals surface area contributed by atoms with Crippen molar-refractivity contribution in [3.05, 3.63) is 12.4 Å². The van der Waals surface area contributed by atoms with E-state index in [-0.39, 0.29) is 5.91 Å². The highest BCUT2D eigenvalue weighted by atomic mass is 16.1. The van der Waals surface area contributed by atoms with Gasteiger partial charge in [0.2, 0.25) is 5.91 Å². The van der Waals surface area contributed by atoms with Gasteiger partial charge in [0.25, 0.3) is 0 Å². The Kier molecular flexibility index (Phi) is 4.75. The molecule has 1 aromatic heterocycles. The molecule has 1 amide bonds. The van der Waals surface area contributed by atoms with Gasteiger partial charge in [0.15, 0.2) is 0 Å². The maximum atomic E-state index is 11.4. The lowest BCUT2D eigenvalue weighted by atomic mass is 9.93.